The molecule has 0 aliphatic carbocycles. The second-order valence-corrected chi connectivity index (χ2v) is 5.94. The van der Waals surface area contributed by atoms with E-state index in [4.69, 9.17) is 11.6 Å². The number of halogens is 3. The molecule has 0 unspecified atom stereocenters. The van der Waals surface area contributed by atoms with Crippen molar-refractivity contribution in [1.82, 2.24) is 4.98 Å². The summed E-state index contributed by atoms with van der Waals surface area (Å²) in [5.74, 6) is 0.0263. The molecule has 1 aromatic carbocycles. The predicted octanol–water partition coefficient (Wildman–Crippen LogP) is 4.69. The average molecular weight is 389 g/mol. The predicted molar refractivity (Wildman–Crippen MR) is 79.1 cm³/mol. The number of aromatic nitrogens is 1. The largest absolute Gasteiger partial charge is 0.294 e. The Balaban J connectivity index is 2.22. The Bertz CT molecular complexity index is 601. The minimum Gasteiger partial charge on any atom is -0.294 e. The third-order valence-corrected chi connectivity index (χ3v) is 3.68. The highest BCUT2D eigenvalue weighted by Gasteiger charge is 2.11. The summed E-state index contributed by atoms with van der Waals surface area (Å²) in [4.78, 5) is 16.2. The van der Waals surface area contributed by atoms with Crippen LogP contribution in [0.4, 0.5) is 0 Å². The summed E-state index contributed by atoms with van der Waals surface area (Å²) in [6.07, 6.45) is 3.69. The van der Waals surface area contributed by atoms with Crippen LogP contribution in [0.5, 0.6) is 0 Å². The molecule has 0 aliphatic heterocycles. The first kappa shape index (κ1) is 13.7. The van der Waals surface area contributed by atoms with E-state index in [0.717, 1.165) is 10.0 Å². The monoisotopic (exact) mass is 387 g/mol. The molecule has 0 atom stereocenters. The van der Waals surface area contributed by atoms with E-state index in [-0.39, 0.29) is 5.78 Å². The van der Waals surface area contributed by atoms with E-state index in [1.54, 1.807) is 30.6 Å². The van der Waals surface area contributed by atoms with Gasteiger partial charge in [0, 0.05) is 38.3 Å². The zero-order valence-corrected chi connectivity index (χ0v) is 13.1. The molecule has 0 amide bonds. The molecule has 0 radical (unpaired) electrons. The van der Waals surface area contributed by atoms with Gasteiger partial charge in [-0.2, -0.15) is 0 Å². The first-order valence-corrected chi connectivity index (χ1v) is 7.10. The Morgan fingerprint density at radius 3 is 2.67 bits per heavy atom. The molecule has 1 heterocycles. The number of carbonyl (C=O) groups is 1. The van der Waals surface area contributed by atoms with Crippen LogP contribution in [-0.4, -0.2) is 10.8 Å². The van der Waals surface area contributed by atoms with Crippen molar-refractivity contribution in [3.63, 3.8) is 0 Å². The molecule has 0 aliphatic rings. The Morgan fingerprint density at radius 2 is 2.00 bits per heavy atom. The Kier molecular flexibility index (Phi) is 4.54. The van der Waals surface area contributed by atoms with Crippen molar-refractivity contribution < 1.29 is 4.79 Å². The Morgan fingerprint density at radius 1 is 1.22 bits per heavy atom. The van der Waals surface area contributed by atoms with Gasteiger partial charge in [-0.3, -0.25) is 9.78 Å². The summed E-state index contributed by atoms with van der Waals surface area (Å²) in [5, 5.41) is 0.600. The number of nitrogens with zero attached hydrogens (tertiary/aromatic N) is 1. The van der Waals surface area contributed by atoms with E-state index in [1.165, 1.54) is 0 Å². The Labute approximate surface area is 127 Å². The van der Waals surface area contributed by atoms with Crippen LogP contribution in [0.15, 0.2) is 45.6 Å². The van der Waals surface area contributed by atoms with E-state index < -0.39 is 0 Å². The number of benzene rings is 1. The summed E-state index contributed by atoms with van der Waals surface area (Å²) in [7, 11) is 0. The van der Waals surface area contributed by atoms with Gasteiger partial charge >= 0.3 is 0 Å². The molecule has 5 heteroatoms. The van der Waals surface area contributed by atoms with Crippen molar-refractivity contribution in [1.29, 1.82) is 0 Å². The molecule has 2 rings (SSSR count). The van der Waals surface area contributed by atoms with E-state index in [9.17, 15) is 4.79 Å². The molecule has 0 N–H and O–H groups in total. The highest BCUT2D eigenvalue weighted by atomic mass is 79.9. The van der Waals surface area contributed by atoms with Gasteiger partial charge in [0.05, 0.1) is 0 Å². The summed E-state index contributed by atoms with van der Waals surface area (Å²) in [5.41, 5.74) is 1.50. The number of ketones is 1. The van der Waals surface area contributed by atoms with Gasteiger partial charge in [0.15, 0.2) is 5.78 Å². The SMILES string of the molecule is O=C(Cc1cncc(Br)c1)c1ccc(Cl)cc1Br. The number of rotatable bonds is 3. The topological polar surface area (TPSA) is 30.0 Å². The summed E-state index contributed by atoms with van der Waals surface area (Å²) in [6.45, 7) is 0. The highest BCUT2D eigenvalue weighted by Crippen LogP contribution is 2.23. The van der Waals surface area contributed by atoms with Gasteiger partial charge < -0.3 is 0 Å². The molecule has 1 aromatic heterocycles. The van der Waals surface area contributed by atoms with Gasteiger partial charge in [0.2, 0.25) is 0 Å². The van der Waals surface area contributed by atoms with Gasteiger partial charge in [-0.05, 0) is 61.7 Å². The van der Waals surface area contributed by atoms with Crippen LogP contribution in [0.1, 0.15) is 15.9 Å². The van der Waals surface area contributed by atoms with Crippen LogP contribution in [0.2, 0.25) is 5.02 Å². The fraction of sp³-hybridized carbons (Fsp3) is 0.0769. The minimum absolute atomic E-state index is 0.0263. The van der Waals surface area contributed by atoms with Gasteiger partial charge in [-0.1, -0.05) is 11.6 Å². The number of carbonyl (C=O) groups excluding carboxylic acids is 1. The molecule has 0 saturated heterocycles. The fourth-order valence-corrected chi connectivity index (χ4v) is 2.86. The normalized spacial score (nSPS) is 10.4. The molecule has 92 valence electrons. The highest BCUT2D eigenvalue weighted by molar-refractivity contribution is 9.10. The lowest BCUT2D eigenvalue weighted by molar-refractivity contribution is 0.0992. The van der Waals surface area contributed by atoms with E-state index >= 15 is 0 Å². The van der Waals surface area contributed by atoms with Crippen LogP contribution in [-0.2, 0) is 6.42 Å². The zero-order valence-electron chi connectivity index (χ0n) is 9.16. The lowest BCUT2D eigenvalue weighted by Gasteiger charge is -2.04. The van der Waals surface area contributed by atoms with E-state index in [1.807, 2.05) is 6.07 Å². The number of pyridine rings is 1. The molecule has 0 fully saturated rings. The maximum absolute atomic E-state index is 12.1. The van der Waals surface area contributed by atoms with Crippen LogP contribution in [0.3, 0.4) is 0 Å². The van der Waals surface area contributed by atoms with E-state index in [2.05, 4.69) is 36.8 Å². The third kappa shape index (κ3) is 3.40. The van der Waals surface area contributed by atoms with Crippen molar-refractivity contribution in [2.45, 2.75) is 6.42 Å². The van der Waals surface area contributed by atoms with Gasteiger partial charge in [-0.15, -0.1) is 0 Å². The molecule has 2 aromatic rings. The van der Waals surface area contributed by atoms with Crippen molar-refractivity contribution in [3.05, 3.63) is 61.8 Å². The summed E-state index contributed by atoms with van der Waals surface area (Å²) < 4.78 is 1.57. The first-order chi connectivity index (χ1) is 8.56. The molecule has 0 spiro atoms. The number of Topliss-reactive ketones (excluding diaryl/α,β-unsaturated/α-hetero) is 1. The fourth-order valence-electron chi connectivity index (χ4n) is 1.55. The van der Waals surface area contributed by atoms with Crippen LogP contribution >= 0.6 is 43.5 Å². The molecular formula is C13H8Br2ClNO. The lowest BCUT2D eigenvalue weighted by Crippen LogP contribution is -2.04. The maximum Gasteiger partial charge on any atom is 0.168 e. The number of hydrogen-bond acceptors (Lipinski definition) is 2. The number of hydrogen-bond donors (Lipinski definition) is 0. The molecule has 2 nitrogen and oxygen atoms in total. The quantitative estimate of drug-likeness (QED) is 0.713. The minimum atomic E-state index is 0.0263. The van der Waals surface area contributed by atoms with Crippen molar-refractivity contribution in [3.8, 4) is 0 Å². The van der Waals surface area contributed by atoms with Crippen LogP contribution in [0.25, 0.3) is 0 Å². The standard InChI is InChI=1S/C13H8Br2ClNO/c14-9-3-8(6-17-7-9)4-13(18)11-2-1-10(16)5-12(11)15/h1-3,5-7H,4H2. The first-order valence-electron chi connectivity index (χ1n) is 5.14. The van der Waals surface area contributed by atoms with Crippen molar-refractivity contribution in [2.24, 2.45) is 0 Å². The van der Waals surface area contributed by atoms with Crippen molar-refractivity contribution in [2.75, 3.05) is 0 Å². The van der Waals surface area contributed by atoms with Crippen LogP contribution in [0, 0.1) is 0 Å². The summed E-state index contributed by atoms with van der Waals surface area (Å²) in [6, 6.07) is 7.03. The second kappa shape index (κ2) is 5.95. The van der Waals surface area contributed by atoms with Gasteiger partial charge in [0.25, 0.3) is 0 Å². The molecular weight excluding hydrogens is 381 g/mol. The molecule has 0 bridgehead atoms. The average Bonchev–Trinajstić information content (AvgIpc) is 2.28. The van der Waals surface area contributed by atoms with Crippen LogP contribution < -0.4 is 0 Å². The Hall–Kier alpha value is -0.710. The van der Waals surface area contributed by atoms with Gasteiger partial charge in [0.1, 0.15) is 0 Å². The second-order valence-electron chi connectivity index (χ2n) is 3.74. The smallest absolute Gasteiger partial charge is 0.168 e. The zero-order chi connectivity index (χ0) is 13.1. The van der Waals surface area contributed by atoms with Crippen molar-refractivity contribution >= 4 is 49.2 Å². The summed E-state index contributed by atoms with van der Waals surface area (Å²) >= 11 is 12.5. The molecule has 0 saturated carbocycles. The lowest BCUT2D eigenvalue weighted by atomic mass is 10.0. The van der Waals surface area contributed by atoms with E-state index in [0.29, 0.717) is 21.5 Å². The van der Waals surface area contributed by atoms with Gasteiger partial charge in [-0.25, -0.2) is 0 Å². The molecule has 18 heavy (non-hydrogen) atoms. The maximum atomic E-state index is 12.1. The third-order valence-electron chi connectivity index (χ3n) is 2.36.